The van der Waals surface area contributed by atoms with E-state index in [0.717, 1.165) is 0 Å². The molecule has 0 amide bonds. The Hall–Kier alpha value is -0.830. The van der Waals surface area contributed by atoms with E-state index in [-0.39, 0.29) is 0 Å². The van der Waals surface area contributed by atoms with Gasteiger partial charge in [-0.1, -0.05) is 6.42 Å². The topological polar surface area (TPSA) is 72.5 Å². The van der Waals surface area contributed by atoms with Crippen molar-refractivity contribution in [3.05, 3.63) is 0 Å². The SMILES string of the molecule is O=C(ONS(=O)(=O)C1CCC1)C(F)(F)F. The van der Waals surface area contributed by atoms with Crippen LogP contribution in [-0.2, 0) is 19.7 Å². The molecule has 88 valence electrons. The first-order valence-corrected chi connectivity index (χ1v) is 5.57. The van der Waals surface area contributed by atoms with Crippen LogP contribution >= 0.6 is 0 Å². The Labute approximate surface area is 83.6 Å². The summed E-state index contributed by atoms with van der Waals surface area (Å²) in [5.74, 6) is -2.58. The van der Waals surface area contributed by atoms with Gasteiger partial charge in [0.1, 0.15) is 0 Å². The van der Waals surface area contributed by atoms with E-state index in [2.05, 4.69) is 4.84 Å². The summed E-state index contributed by atoms with van der Waals surface area (Å²) in [5, 5.41) is -0.765. The van der Waals surface area contributed by atoms with Crippen molar-refractivity contribution in [3.63, 3.8) is 0 Å². The summed E-state index contributed by atoms with van der Waals surface area (Å²) < 4.78 is 57.0. The first-order valence-electron chi connectivity index (χ1n) is 4.02. The summed E-state index contributed by atoms with van der Waals surface area (Å²) in [6.45, 7) is 0. The Morgan fingerprint density at radius 1 is 1.33 bits per heavy atom. The minimum absolute atomic E-state index is 0.360. The van der Waals surface area contributed by atoms with Gasteiger partial charge in [0.15, 0.2) is 0 Å². The second-order valence-corrected chi connectivity index (χ2v) is 4.99. The Morgan fingerprint density at radius 2 is 1.87 bits per heavy atom. The molecular weight excluding hydrogens is 239 g/mol. The van der Waals surface area contributed by atoms with Crippen LogP contribution in [0.4, 0.5) is 13.2 Å². The molecule has 15 heavy (non-hydrogen) atoms. The minimum atomic E-state index is -5.21. The minimum Gasteiger partial charge on any atom is -0.348 e. The molecule has 0 saturated heterocycles. The molecular formula is C6H8F3NO4S. The molecule has 0 aromatic rings. The third-order valence-electron chi connectivity index (χ3n) is 1.97. The van der Waals surface area contributed by atoms with Crippen LogP contribution in [0.5, 0.6) is 0 Å². The van der Waals surface area contributed by atoms with Crippen molar-refractivity contribution in [3.8, 4) is 0 Å². The predicted octanol–water partition coefficient (Wildman–Crippen LogP) is 0.479. The molecule has 0 atom stereocenters. The number of halogens is 3. The molecule has 0 aromatic carbocycles. The van der Waals surface area contributed by atoms with Crippen molar-refractivity contribution in [2.75, 3.05) is 0 Å². The summed E-state index contributed by atoms with van der Waals surface area (Å²) in [4.78, 5) is 14.8. The monoisotopic (exact) mass is 247 g/mol. The molecule has 1 saturated carbocycles. The Kier molecular flexibility index (Phi) is 3.24. The quantitative estimate of drug-likeness (QED) is 0.736. The van der Waals surface area contributed by atoms with Gasteiger partial charge >= 0.3 is 12.1 Å². The Morgan fingerprint density at radius 3 is 2.20 bits per heavy atom. The zero-order valence-corrected chi connectivity index (χ0v) is 8.19. The molecule has 9 heteroatoms. The highest BCUT2D eigenvalue weighted by atomic mass is 32.2. The van der Waals surface area contributed by atoms with Gasteiger partial charge in [-0.3, -0.25) is 0 Å². The van der Waals surface area contributed by atoms with E-state index < -0.39 is 27.4 Å². The first kappa shape index (κ1) is 12.2. The van der Waals surface area contributed by atoms with Crippen molar-refractivity contribution in [1.29, 1.82) is 0 Å². The third kappa shape index (κ3) is 3.06. The van der Waals surface area contributed by atoms with Crippen LogP contribution in [-0.4, -0.2) is 25.8 Å². The molecule has 0 radical (unpaired) electrons. The number of alkyl halides is 3. The number of rotatable bonds is 3. The van der Waals surface area contributed by atoms with Gasteiger partial charge in [0.2, 0.25) is 10.0 Å². The summed E-state index contributed by atoms with van der Waals surface area (Å²) >= 11 is 0. The van der Waals surface area contributed by atoms with Crippen molar-refractivity contribution in [2.45, 2.75) is 30.7 Å². The fraction of sp³-hybridized carbons (Fsp3) is 0.833. The van der Waals surface area contributed by atoms with Crippen LogP contribution in [0.1, 0.15) is 19.3 Å². The third-order valence-corrected chi connectivity index (χ3v) is 3.64. The van der Waals surface area contributed by atoms with Crippen molar-refractivity contribution in [2.24, 2.45) is 0 Å². The van der Waals surface area contributed by atoms with Gasteiger partial charge in [0.25, 0.3) is 0 Å². The number of carbonyl (C=O) groups excluding carboxylic acids is 1. The number of nitrogens with one attached hydrogen (secondary N) is 1. The molecule has 5 nitrogen and oxygen atoms in total. The Bertz CT molecular complexity index is 346. The van der Waals surface area contributed by atoms with E-state index >= 15 is 0 Å². The van der Waals surface area contributed by atoms with Gasteiger partial charge in [-0.2, -0.15) is 13.2 Å². The average molecular weight is 247 g/mol. The number of sulfonamides is 1. The largest absolute Gasteiger partial charge is 0.492 e. The second-order valence-electron chi connectivity index (χ2n) is 3.07. The maximum absolute atomic E-state index is 11.6. The normalized spacial score (nSPS) is 18.3. The highest BCUT2D eigenvalue weighted by Crippen LogP contribution is 2.25. The maximum Gasteiger partial charge on any atom is 0.492 e. The number of hydrogen-bond acceptors (Lipinski definition) is 4. The fourth-order valence-corrected chi connectivity index (χ4v) is 2.18. The van der Waals surface area contributed by atoms with Gasteiger partial charge in [-0.05, 0) is 17.7 Å². The summed E-state index contributed by atoms with van der Waals surface area (Å²) in [7, 11) is -3.97. The number of carbonyl (C=O) groups is 1. The second kappa shape index (κ2) is 3.97. The molecule has 1 fully saturated rings. The molecule has 1 N–H and O–H groups in total. The van der Waals surface area contributed by atoms with Crippen LogP contribution in [0, 0.1) is 0 Å². The van der Waals surface area contributed by atoms with Crippen LogP contribution in [0.25, 0.3) is 0 Å². The van der Waals surface area contributed by atoms with E-state index in [1.165, 1.54) is 4.89 Å². The van der Waals surface area contributed by atoms with Gasteiger partial charge in [0.05, 0.1) is 5.25 Å². The van der Waals surface area contributed by atoms with Gasteiger partial charge in [0, 0.05) is 0 Å². The lowest BCUT2D eigenvalue weighted by molar-refractivity contribution is -0.203. The molecule has 1 aliphatic carbocycles. The molecule has 0 spiro atoms. The highest BCUT2D eigenvalue weighted by Gasteiger charge is 2.43. The van der Waals surface area contributed by atoms with Crippen molar-refractivity contribution in [1.82, 2.24) is 4.89 Å². The molecule has 0 aromatic heterocycles. The van der Waals surface area contributed by atoms with E-state index in [4.69, 9.17) is 0 Å². The predicted molar refractivity (Wildman–Crippen MR) is 41.8 cm³/mol. The molecule has 0 unspecified atom stereocenters. The average Bonchev–Trinajstić information content (AvgIpc) is 1.93. The Balaban J connectivity index is 2.46. The summed E-state index contributed by atoms with van der Waals surface area (Å²) in [6, 6.07) is 0. The molecule has 1 rings (SSSR count). The first-order chi connectivity index (χ1) is 6.73. The molecule has 0 bridgehead atoms. The maximum atomic E-state index is 11.6. The number of hydrogen-bond donors (Lipinski definition) is 1. The fourth-order valence-electron chi connectivity index (χ4n) is 0.903. The lowest BCUT2D eigenvalue weighted by Gasteiger charge is -2.24. The highest BCUT2D eigenvalue weighted by molar-refractivity contribution is 7.90. The van der Waals surface area contributed by atoms with Crippen molar-refractivity contribution >= 4 is 16.0 Å². The van der Waals surface area contributed by atoms with Crippen molar-refractivity contribution < 1.29 is 31.2 Å². The van der Waals surface area contributed by atoms with E-state index in [1.807, 2.05) is 0 Å². The van der Waals surface area contributed by atoms with Gasteiger partial charge < -0.3 is 4.84 Å². The van der Waals surface area contributed by atoms with Crippen LogP contribution in [0.2, 0.25) is 0 Å². The summed E-state index contributed by atoms with van der Waals surface area (Å²) in [6.07, 6.45) is -3.79. The zero-order chi connectivity index (χ0) is 11.7. The van der Waals surface area contributed by atoms with E-state index in [9.17, 15) is 26.4 Å². The zero-order valence-electron chi connectivity index (χ0n) is 7.37. The molecule has 0 aliphatic heterocycles. The van der Waals surface area contributed by atoms with Gasteiger partial charge in [-0.25, -0.2) is 13.2 Å². The smallest absolute Gasteiger partial charge is 0.348 e. The van der Waals surface area contributed by atoms with Crippen LogP contribution < -0.4 is 4.89 Å². The summed E-state index contributed by atoms with van der Waals surface area (Å²) in [5.41, 5.74) is 0. The van der Waals surface area contributed by atoms with E-state index in [1.54, 1.807) is 0 Å². The molecule has 1 aliphatic rings. The lowest BCUT2D eigenvalue weighted by atomic mass is 10.0. The standard InChI is InChI=1S/C6H8F3NO4S/c7-6(8,9)5(11)14-10-15(12,13)4-2-1-3-4/h4,10H,1-3H2. The van der Waals surface area contributed by atoms with Crippen LogP contribution in [0.15, 0.2) is 0 Å². The van der Waals surface area contributed by atoms with Crippen LogP contribution in [0.3, 0.4) is 0 Å². The molecule has 0 heterocycles. The lowest BCUT2D eigenvalue weighted by Crippen LogP contribution is -2.41. The van der Waals surface area contributed by atoms with E-state index in [0.29, 0.717) is 19.3 Å². The van der Waals surface area contributed by atoms with Gasteiger partial charge in [-0.15, -0.1) is 0 Å².